The average Bonchev–Trinajstić information content (AvgIpc) is 2.35. The van der Waals surface area contributed by atoms with Crippen molar-refractivity contribution in [1.82, 2.24) is 9.97 Å². The van der Waals surface area contributed by atoms with Crippen LogP contribution in [0, 0.1) is 6.92 Å². The zero-order chi connectivity index (χ0) is 14.5. The van der Waals surface area contributed by atoms with E-state index in [0.717, 1.165) is 12.5 Å². The van der Waals surface area contributed by atoms with Crippen LogP contribution < -0.4 is 5.56 Å². The zero-order valence-corrected chi connectivity index (χ0v) is 11.0. The molecule has 0 saturated carbocycles. The molecule has 0 amide bonds. The van der Waals surface area contributed by atoms with Gasteiger partial charge in [-0.3, -0.25) is 4.79 Å². The SMILES string of the molecule is Cc1ccc2nc3c(=O)[nH]ccc3c(C(C)(F)F)c2c1. The molecule has 0 aliphatic heterocycles. The number of aromatic amines is 1. The third kappa shape index (κ3) is 1.86. The summed E-state index contributed by atoms with van der Waals surface area (Å²) in [5.41, 5.74) is 0.702. The van der Waals surface area contributed by atoms with Gasteiger partial charge in [-0.15, -0.1) is 0 Å². The number of nitrogens with one attached hydrogen (secondary N) is 1. The lowest BCUT2D eigenvalue weighted by molar-refractivity contribution is 0.0206. The van der Waals surface area contributed by atoms with Crippen LogP contribution in [0.1, 0.15) is 18.1 Å². The Hall–Kier alpha value is -2.30. The fraction of sp³-hybridized carbons (Fsp3) is 0.200. The molecule has 0 spiro atoms. The van der Waals surface area contributed by atoms with Gasteiger partial charge in [-0.05, 0) is 25.1 Å². The molecule has 0 bridgehead atoms. The number of hydrogen-bond acceptors (Lipinski definition) is 2. The molecule has 0 atom stereocenters. The molecule has 0 fully saturated rings. The van der Waals surface area contributed by atoms with Crippen molar-refractivity contribution in [1.29, 1.82) is 0 Å². The summed E-state index contributed by atoms with van der Waals surface area (Å²) in [5.74, 6) is -3.05. The van der Waals surface area contributed by atoms with Crippen LogP contribution in [0.25, 0.3) is 21.8 Å². The first-order valence-corrected chi connectivity index (χ1v) is 6.18. The molecular weight excluding hydrogens is 262 g/mol. The van der Waals surface area contributed by atoms with Crippen LogP contribution >= 0.6 is 0 Å². The van der Waals surface area contributed by atoms with Crippen molar-refractivity contribution in [2.24, 2.45) is 0 Å². The van der Waals surface area contributed by atoms with E-state index in [1.807, 2.05) is 6.92 Å². The molecular formula is C15H12F2N2O. The van der Waals surface area contributed by atoms with E-state index >= 15 is 0 Å². The highest BCUT2D eigenvalue weighted by molar-refractivity contribution is 5.97. The molecule has 0 saturated heterocycles. The normalized spacial score (nSPS) is 12.2. The number of fused-ring (bicyclic) bond motifs is 2. The van der Waals surface area contributed by atoms with Gasteiger partial charge in [0.1, 0.15) is 5.52 Å². The van der Waals surface area contributed by atoms with Gasteiger partial charge >= 0.3 is 0 Å². The molecule has 0 aliphatic carbocycles. The minimum Gasteiger partial charge on any atom is -0.327 e. The molecule has 5 heteroatoms. The average molecular weight is 274 g/mol. The quantitative estimate of drug-likeness (QED) is 0.690. The van der Waals surface area contributed by atoms with E-state index in [0.29, 0.717) is 10.9 Å². The van der Waals surface area contributed by atoms with Gasteiger partial charge in [-0.2, -0.15) is 0 Å². The summed E-state index contributed by atoms with van der Waals surface area (Å²) in [4.78, 5) is 18.5. The Labute approximate surface area is 113 Å². The Bertz CT molecular complexity index is 879. The highest BCUT2D eigenvalue weighted by Gasteiger charge is 2.30. The predicted octanol–water partition coefficient (Wildman–Crippen LogP) is 3.50. The van der Waals surface area contributed by atoms with E-state index in [4.69, 9.17) is 0 Å². The lowest BCUT2D eigenvalue weighted by Crippen LogP contribution is -2.14. The second-order valence-electron chi connectivity index (χ2n) is 4.96. The van der Waals surface area contributed by atoms with Crippen LogP contribution in [0.4, 0.5) is 8.78 Å². The first-order chi connectivity index (χ1) is 9.38. The monoisotopic (exact) mass is 274 g/mol. The van der Waals surface area contributed by atoms with Crippen LogP contribution in [-0.4, -0.2) is 9.97 Å². The summed E-state index contributed by atoms with van der Waals surface area (Å²) in [6.07, 6.45) is 1.36. The fourth-order valence-corrected chi connectivity index (χ4v) is 2.47. The van der Waals surface area contributed by atoms with Crippen molar-refractivity contribution in [2.45, 2.75) is 19.8 Å². The molecule has 1 aromatic carbocycles. The van der Waals surface area contributed by atoms with Gasteiger partial charge in [-0.25, -0.2) is 13.8 Å². The number of rotatable bonds is 1. The number of hydrogen-bond donors (Lipinski definition) is 1. The number of alkyl halides is 2. The summed E-state index contributed by atoms with van der Waals surface area (Å²) in [7, 11) is 0. The van der Waals surface area contributed by atoms with Crippen molar-refractivity contribution in [3.63, 3.8) is 0 Å². The number of H-pyrrole nitrogens is 1. The van der Waals surface area contributed by atoms with Crippen molar-refractivity contribution in [3.8, 4) is 0 Å². The van der Waals surface area contributed by atoms with Gasteiger partial charge in [0, 0.05) is 29.5 Å². The minimum atomic E-state index is -3.05. The number of halogens is 2. The van der Waals surface area contributed by atoms with Crippen molar-refractivity contribution in [3.05, 3.63) is 51.9 Å². The summed E-state index contributed by atoms with van der Waals surface area (Å²) < 4.78 is 28.1. The Morgan fingerprint density at radius 1 is 1.20 bits per heavy atom. The molecule has 3 aromatic rings. The second kappa shape index (κ2) is 4.10. The number of benzene rings is 1. The molecule has 3 rings (SSSR count). The maximum atomic E-state index is 14.0. The maximum absolute atomic E-state index is 14.0. The molecule has 1 N–H and O–H groups in total. The Morgan fingerprint density at radius 2 is 1.95 bits per heavy atom. The predicted molar refractivity (Wildman–Crippen MR) is 74.2 cm³/mol. The Balaban J connectivity index is 2.65. The van der Waals surface area contributed by atoms with Crippen LogP contribution in [0.5, 0.6) is 0 Å². The first-order valence-electron chi connectivity index (χ1n) is 6.18. The molecule has 2 aromatic heterocycles. The highest BCUT2D eigenvalue weighted by Crippen LogP contribution is 2.37. The largest absolute Gasteiger partial charge is 0.327 e. The number of nitrogens with zero attached hydrogens (tertiary/aromatic N) is 1. The summed E-state index contributed by atoms with van der Waals surface area (Å²) >= 11 is 0. The lowest BCUT2D eigenvalue weighted by atomic mass is 9.98. The van der Waals surface area contributed by atoms with Gasteiger partial charge in [0.2, 0.25) is 0 Å². The van der Waals surface area contributed by atoms with Crippen LogP contribution in [0.15, 0.2) is 35.3 Å². The van der Waals surface area contributed by atoms with E-state index in [1.54, 1.807) is 18.2 Å². The van der Waals surface area contributed by atoms with E-state index in [-0.39, 0.29) is 16.5 Å². The smallest absolute Gasteiger partial charge is 0.274 e. The molecule has 2 heterocycles. The van der Waals surface area contributed by atoms with Crippen molar-refractivity contribution >= 4 is 21.8 Å². The maximum Gasteiger partial charge on any atom is 0.274 e. The van der Waals surface area contributed by atoms with Crippen LogP contribution in [0.3, 0.4) is 0 Å². The molecule has 0 aliphatic rings. The third-order valence-corrected chi connectivity index (χ3v) is 3.30. The summed E-state index contributed by atoms with van der Waals surface area (Å²) in [6.45, 7) is 2.67. The number of pyridine rings is 2. The molecule has 102 valence electrons. The van der Waals surface area contributed by atoms with Gasteiger partial charge in [0.15, 0.2) is 0 Å². The van der Waals surface area contributed by atoms with Crippen molar-refractivity contribution in [2.75, 3.05) is 0 Å². The molecule has 3 nitrogen and oxygen atoms in total. The lowest BCUT2D eigenvalue weighted by Gasteiger charge is -2.16. The molecule has 0 radical (unpaired) electrons. The van der Waals surface area contributed by atoms with Gasteiger partial charge in [-0.1, -0.05) is 11.6 Å². The topological polar surface area (TPSA) is 45.8 Å². The fourth-order valence-electron chi connectivity index (χ4n) is 2.47. The zero-order valence-electron chi connectivity index (χ0n) is 11.0. The molecule has 0 unspecified atom stereocenters. The second-order valence-corrected chi connectivity index (χ2v) is 4.96. The summed E-state index contributed by atoms with van der Waals surface area (Å²) in [6, 6.07) is 6.59. The third-order valence-electron chi connectivity index (χ3n) is 3.30. The number of aromatic nitrogens is 2. The standard InChI is InChI=1S/C15H12F2N2O/c1-8-3-4-11-10(7-8)12(15(2,16)17)9-5-6-18-14(20)13(9)19-11/h3-7H,1-2H3,(H,18,20). The molecule has 20 heavy (non-hydrogen) atoms. The van der Waals surface area contributed by atoms with E-state index < -0.39 is 11.5 Å². The van der Waals surface area contributed by atoms with E-state index in [2.05, 4.69) is 9.97 Å². The van der Waals surface area contributed by atoms with E-state index in [1.165, 1.54) is 12.3 Å². The Kier molecular flexibility index (Phi) is 2.61. The van der Waals surface area contributed by atoms with E-state index in [9.17, 15) is 13.6 Å². The van der Waals surface area contributed by atoms with Gasteiger partial charge < -0.3 is 4.98 Å². The van der Waals surface area contributed by atoms with Crippen molar-refractivity contribution < 1.29 is 8.78 Å². The number of aryl methyl sites for hydroxylation is 1. The van der Waals surface area contributed by atoms with Gasteiger partial charge in [0.05, 0.1) is 5.52 Å². The highest BCUT2D eigenvalue weighted by atomic mass is 19.3. The Morgan fingerprint density at radius 3 is 2.65 bits per heavy atom. The van der Waals surface area contributed by atoms with Gasteiger partial charge in [0.25, 0.3) is 11.5 Å². The van der Waals surface area contributed by atoms with Crippen LogP contribution in [0.2, 0.25) is 0 Å². The van der Waals surface area contributed by atoms with Crippen LogP contribution in [-0.2, 0) is 5.92 Å². The summed E-state index contributed by atoms with van der Waals surface area (Å²) in [5, 5.41) is 0.579. The first kappa shape index (κ1) is 12.7. The minimum absolute atomic E-state index is 0.0420.